The lowest BCUT2D eigenvalue weighted by atomic mass is 10.3. The van der Waals surface area contributed by atoms with E-state index in [1.807, 2.05) is 25.1 Å². The molecule has 0 bridgehead atoms. The second-order valence-electron chi connectivity index (χ2n) is 3.04. The fourth-order valence-electron chi connectivity index (χ4n) is 1.24. The maximum atomic E-state index is 5.49. The molecule has 0 aliphatic heterocycles. The van der Waals surface area contributed by atoms with Crippen molar-refractivity contribution in [1.29, 1.82) is 0 Å². The predicted octanol–water partition coefficient (Wildman–Crippen LogP) is 0.701. The summed E-state index contributed by atoms with van der Waals surface area (Å²) in [6.07, 6.45) is 1.70. The van der Waals surface area contributed by atoms with Gasteiger partial charge in [0.25, 0.3) is 0 Å². The molecule has 0 spiro atoms. The lowest BCUT2D eigenvalue weighted by Crippen LogP contribution is -2.07. The Morgan fingerprint density at radius 3 is 2.73 bits per heavy atom. The number of hydrogen-bond acceptors (Lipinski definition) is 5. The van der Waals surface area contributed by atoms with Crippen molar-refractivity contribution in [1.82, 2.24) is 19.9 Å². The van der Waals surface area contributed by atoms with Crippen LogP contribution in [0.3, 0.4) is 0 Å². The summed E-state index contributed by atoms with van der Waals surface area (Å²) in [5, 5.41) is 0. The van der Waals surface area contributed by atoms with Gasteiger partial charge in [-0.15, -0.1) is 0 Å². The molecule has 0 aromatic carbocycles. The standard InChI is InChI=1S/C10H11N5/c1-7-13-9(6-11)15-10(14-7)8-4-2-3-5-12-8/h2-5H,6,11H2,1H3. The zero-order valence-corrected chi connectivity index (χ0v) is 8.38. The van der Waals surface area contributed by atoms with Crippen LogP contribution in [-0.4, -0.2) is 19.9 Å². The normalized spacial score (nSPS) is 10.3. The Hall–Kier alpha value is -1.88. The van der Waals surface area contributed by atoms with E-state index in [2.05, 4.69) is 19.9 Å². The summed E-state index contributed by atoms with van der Waals surface area (Å²) in [5.41, 5.74) is 6.23. The van der Waals surface area contributed by atoms with Gasteiger partial charge in [0.05, 0.1) is 6.54 Å². The van der Waals surface area contributed by atoms with Crippen LogP contribution in [-0.2, 0) is 6.54 Å². The predicted molar refractivity (Wildman–Crippen MR) is 55.7 cm³/mol. The maximum Gasteiger partial charge on any atom is 0.181 e. The van der Waals surface area contributed by atoms with Crippen LogP contribution < -0.4 is 5.73 Å². The molecule has 0 fully saturated rings. The molecule has 0 saturated carbocycles. The SMILES string of the molecule is Cc1nc(CN)nc(-c2ccccn2)n1. The van der Waals surface area contributed by atoms with Crippen LogP contribution >= 0.6 is 0 Å². The van der Waals surface area contributed by atoms with Gasteiger partial charge in [0, 0.05) is 6.20 Å². The van der Waals surface area contributed by atoms with Gasteiger partial charge in [0.2, 0.25) is 0 Å². The molecule has 5 heteroatoms. The van der Waals surface area contributed by atoms with Crippen molar-refractivity contribution in [2.75, 3.05) is 0 Å². The average molecular weight is 201 g/mol. The van der Waals surface area contributed by atoms with Gasteiger partial charge in [-0.25, -0.2) is 15.0 Å². The van der Waals surface area contributed by atoms with Gasteiger partial charge in [-0.1, -0.05) is 6.07 Å². The monoisotopic (exact) mass is 201 g/mol. The first-order valence-corrected chi connectivity index (χ1v) is 4.62. The number of nitrogens with zero attached hydrogens (tertiary/aromatic N) is 4. The molecule has 0 aliphatic carbocycles. The zero-order valence-electron chi connectivity index (χ0n) is 8.38. The number of aromatic nitrogens is 4. The molecule has 0 aliphatic rings. The highest BCUT2D eigenvalue weighted by atomic mass is 15.0. The van der Waals surface area contributed by atoms with E-state index in [-0.39, 0.29) is 0 Å². The van der Waals surface area contributed by atoms with E-state index in [9.17, 15) is 0 Å². The summed E-state index contributed by atoms with van der Waals surface area (Å²) in [6.45, 7) is 2.12. The number of aryl methyl sites for hydroxylation is 1. The molecule has 15 heavy (non-hydrogen) atoms. The van der Waals surface area contributed by atoms with E-state index in [1.165, 1.54) is 0 Å². The third-order valence-corrected chi connectivity index (χ3v) is 1.87. The Morgan fingerprint density at radius 2 is 2.07 bits per heavy atom. The summed E-state index contributed by atoms with van der Waals surface area (Å²) >= 11 is 0. The van der Waals surface area contributed by atoms with Gasteiger partial charge in [0.15, 0.2) is 5.82 Å². The van der Waals surface area contributed by atoms with Crippen LogP contribution in [0.2, 0.25) is 0 Å². The fraction of sp³-hybridized carbons (Fsp3) is 0.200. The highest BCUT2D eigenvalue weighted by molar-refractivity contribution is 5.47. The van der Waals surface area contributed by atoms with E-state index >= 15 is 0 Å². The molecule has 0 amide bonds. The molecular weight excluding hydrogens is 190 g/mol. The molecular formula is C10H11N5. The minimum absolute atomic E-state index is 0.309. The van der Waals surface area contributed by atoms with Crippen molar-refractivity contribution < 1.29 is 0 Å². The molecule has 76 valence electrons. The van der Waals surface area contributed by atoms with Crippen molar-refractivity contribution >= 4 is 0 Å². The minimum Gasteiger partial charge on any atom is -0.324 e. The van der Waals surface area contributed by atoms with Crippen molar-refractivity contribution in [2.45, 2.75) is 13.5 Å². The first kappa shape index (κ1) is 9.67. The molecule has 2 aromatic rings. The van der Waals surface area contributed by atoms with Gasteiger partial charge in [0.1, 0.15) is 17.3 Å². The Bertz CT molecular complexity index is 455. The number of pyridine rings is 1. The van der Waals surface area contributed by atoms with Gasteiger partial charge in [-0.3, -0.25) is 4.98 Å². The van der Waals surface area contributed by atoms with Gasteiger partial charge >= 0.3 is 0 Å². The van der Waals surface area contributed by atoms with Crippen LogP contribution in [0.15, 0.2) is 24.4 Å². The number of hydrogen-bond donors (Lipinski definition) is 1. The number of rotatable bonds is 2. The van der Waals surface area contributed by atoms with Crippen LogP contribution in [0, 0.1) is 6.92 Å². The van der Waals surface area contributed by atoms with Crippen molar-refractivity contribution in [3.8, 4) is 11.5 Å². The number of nitrogens with two attached hydrogens (primary N) is 1. The molecule has 0 saturated heterocycles. The smallest absolute Gasteiger partial charge is 0.181 e. The summed E-state index contributed by atoms with van der Waals surface area (Å²) in [5.74, 6) is 1.82. The van der Waals surface area contributed by atoms with E-state index < -0.39 is 0 Å². The molecule has 0 radical (unpaired) electrons. The van der Waals surface area contributed by atoms with Gasteiger partial charge in [-0.05, 0) is 19.1 Å². The third kappa shape index (κ3) is 2.13. The van der Waals surface area contributed by atoms with Crippen molar-refractivity contribution in [3.05, 3.63) is 36.0 Å². The van der Waals surface area contributed by atoms with Crippen LogP contribution in [0.5, 0.6) is 0 Å². The van der Waals surface area contributed by atoms with Gasteiger partial charge in [-0.2, -0.15) is 0 Å². The molecule has 0 atom stereocenters. The van der Waals surface area contributed by atoms with E-state index in [0.29, 0.717) is 24.0 Å². The Balaban J connectivity index is 2.49. The molecule has 2 N–H and O–H groups in total. The third-order valence-electron chi connectivity index (χ3n) is 1.87. The average Bonchev–Trinajstić information content (AvgIpc) is 2.29. The van der Waals surface area contributed by atoms with Crippen LogP contribution in [0.25, 0.3) is 11.5 Å². The first-order valence-electron chi connectivity index (χ1n) is 4.62. The van der Waals surface area contributed by atoms with Crippen molar-refractivity contribution in [3.63, 3.8) is 0 Å². The second kappa shape index (κ2) is 4.10. The lowest BCUT2D eigenvalue weighted by molar-refractivity contribution is 0.848. The van der Waals surface area contributed by atoms with E-state index in [4.69, 9.17) is 5.73 Å². The highest BCUT2D eigenvalue weighted by Crippen LogP contribution is 2.10. The second-order valence-corrected chi connectivity index (χ2v) is 3.04. The molecule has 2 heterocycles. The minimum atomic E-state index is 0.309. The maximum absolute atomic E-state index is 5.49. The molecule has 0 unspecified atom stereocenters. The zero-order chi connectivity index (χ0) is 10.7. The van der Waals surface area contributed by atoms with Crippen LogP contribution in [0.4, 0.5) is 0 Å². The Morgan fingerprint density at radius 1 is 1.20 bits per heavy atom. The largest absolute Gasteiger partial charge is 0.324 e. The van der Waals surface area contributed by atoms with E-state index in [1.54, 1.807) is 6.20 Å². The lowest BCUT2D eigenvalue weighted by Gasteiger charge is -2.02. The highest BCUT2D eigenvalue weighted by Gasteiger charge is 2.05. The topological polar surface area (TPSA) is 77.6 Å². The Kier molecular flexibility index (Phi) is 2.64. The summed E-state index contributed by atoms with van der Waals surface area (Å²) in [6, 6.07) is 5.60. The first-order chi connectivity index (χ1) is 7.29. The van der Waals surface area contributed by atoms with Crippen LogP contribution in [0.1, 0.15) is 11.6 Å². The fourth-order valence-corrected chi connectivity index (χ4v) is 1.24. The molecule has 5 nitrogen and oxygen atoms in total. The Labute approximate surface area is 87.4 Å². The summed E-state index contributed by atoms with van der Waals surface area (Å²) in [7, 11) is 0. The molecule has 2 aromatic heterocycles. The summed E-state index contributed by atoms with van der Waals surface area (Å²) in [4.78, 5) is 16.7. The summed E-state index contributed by atoms with van der Waals surface area (Å²) < 4.78 is 0. The molecule has 2 rings (SSSR count). The quantitative estimate of drug-likeness (QED) is 0.773. The van der Waals surface area contributed by atoms with Gasteiger partial charge < -0.3 is 5.73 Å². The van der Waals surface area contributed by atoms with Crippen molar-refractivity contribution in [2.24, 2.45) is 5.73 Å². The van der Waals surface area contributed by atoms with E-state index in [0.717, 1.165) is 5.69 Å².